The van der Waals surface area contributed by atoms with Crippen LogP contribution in [-0.2, 0) is 19.1 Å². The number of nitro groups is 1. The molecule has 0 unspecified atom stereocenters. The molecule has 15 heteroatoms. The van der Waals surface area contributed by atoms with Crippen molar-refractivity contribution in [2.45, 2.75) is 97.9 Å². The Balaban J connectivity index is 3.15. The summed E-state index contributed by atoms with van der Waals surface area (Å²) in [6.07, 6.45) is 0.287. The van der Waals surface area contributed by atoms with E-state index in [2.05, 4.69) is 26.3 Å². The molecule has 0 saturated heterocycles. The predicted octanol–water partition coefficient (Wildman–Crippen LogP) is 2.54. The fourth-order valence-electron chi connectivity index (χ4n) is 4.07. The molecule has 1 rings (SSSR count). The second-order valence-electron chi connectivity index (χ2n) is 12.3. The number of nitrogens with zero attached hydrogens (tertiary/aromatic N) is 2. The Morgan fingerprint density at radius 1 is 0.864 bits per heavy atom. The fraction of sp³-hybridized carbons (Fsp3) is 0.621. The lowest BCUT2D eigenvalue weighted by Gasteiger charge is -2.27. The van der Waals surface area contributed by atoms with Gasteiger partial charge in [0, 0.05) is 24.4 Å². The summed E-state index contributed by atoms with van der Waals surface area (Å²) < 4.78 is 5.31. The minimum Gasteiger partial charge on any atom is -0.444 e. The number of alkyl carbamates (subject to hydrolysis) is 1. The topological polar surface area (TPSA) is 233 Å². The van der Waals surface area contributed by atoms with Gasteiger partial charge in [0.2, 0.25) is 17.7 Å². The third kappa shape index (κ3) is 15.2. The molecule has 44 heavy (non-hydrogen) atoms. The molecule has 8 N–H and O–H groups in total. The van der Waals surface area contributed by atoms with Crippen molar-refractivity contribution >= 4 is 41.1 Å². The maximum atomic E-state index is 13.5. The smallest absolute Gasteiger partial charge is 0.408 e. The van der Waals surface area contributed by atoms with Crippen molar-refractivity contribution in [2.24, 2.45) is 28.3 Å². The van der Waals surface area contributed by atoms with Gasteiger partial charge in [-0.25, -0.2) is 4.79 Å². The van der Waals surface area contributed by atoms with Crippen LogP contribution in [0.2, 0.25) is 0 Å². The van der Waals surface area contributed by atoms with Crippen LogP contribution in [0.4, 0.5) is 16.2 Å². The molecule has 3 atom stereocenters. The molecule has 0 aromatic heterocycles. The lowest BCUT2D eigenvalue weighted by Crippen LogP contribution is -2.57. The van der Waals surface area contributed by atoms with Crippen molar-refractivity contribution in [3.05, 3.63) is 34.4 Å². The largest absolute Gasteiger partial charge is 0.444 e. The van der Waals surface area contributed by atoms with Crippen LogP contribution in [0.15, 0.2) is 29.3 Å². The number of nitrogens with two attached hydrogens (primary N) is 2. The molecule has 0 aliphatic rings. The zero-order valence-electron chi connectivity index (χ0n) is 26.6. The first-order valence-electron chi connectivity index (χ1n) is 14.6. The van der Waals surface area contributed by atoms with Crippen molar-refractivity contribution in [1.29, 1.82) is 0 Å². The summed E-state index contributed by atoms with van der Waals surface area (Å²) in [6.45, 7) is 12.9. The number of guanidine groups is 1. The molecule has 0 spiro atoms. The molecule has 0 aliphatic carbocycles. The highest BCUT2D eigenvalue weighted by molar-refractivity contribution is 5.98. The van der Waals surface area contributed by atoms with Gasteiger partial charge in [-0.05, 0) is 70.4 Å². The van der Waals surface area contributed by atoms with E-state index in [4.69, 9.17) is 16.2 Å². The number of nitrogens with one attached hydrogen (secondary N) is 4. The van der Waals surface area contributed by atoms with E-state index in [0.717, 1.165) is 0 Å². The molecular weight excluding hydrogens is 572 g/mol. The highest BCUT2D eigenvalue weighted by Gasteiger charge is 2.31. The molecule has 0 saturated carbocycles. The minimum atomic E-state index is -1.05. The first kappa shape index (κ1) is 37.6. The Morgan fingerprint density at radius 3 is 1.82 bits per heavy atom. The van der Waals surface area contributed by atoms with Gasteiger partial charge in [0.05, 0.1) is 4.92 Å². The van der Waals surface area contributed by atoms with E-state index in [1.807, 2.05) is 27.7 Å². The number of anilines is 1. The first-order chi connectivity index (χ1) is 20.4. The van der Waals surface area contributed by atoms with E-state index in [1.54, 1.807) is 20.8 Å². The van der Waals surface area contributed by atoms with E-state index in [0.29, 0.717) is 18.5 Å². The number of hydrogen-bond donors (Lipinski definition) is 6. The summed E-state index contributed by atoms with van der Waals surface area (Å²) in [5.41, 5.74) is 10.2. The number of carbonyl (C=O) groups excluding carboxylic acids is 4. The van der Waals surface area contributed by atoms with Crippen LogP contribution in [0.3, 0.4) is 0 Å². The standard InChI is InChI=1S/C29H48N8O7/c1-17(2)15-22(35-26(40)23(16-18(3)4)36-28(41)44-29(5,6)7)25(39)34-21(9-8-14-32-27(30)31)24(38)33-19-10-12-20(13-11-19)37(42)43/h10-13,17-18,21-23H,8-9,14-16H2,1-7H3,(H,33,38)(H,34,39)(H,35,40)(H,36,41)(H4,30,31,32)/t21-,22-,23-/m0/s1. The van der Waals surface area contributed by atoms with Crippen LogP contribution < -0.4 is 32.7 Å². The predicted molar refractivity (Wildman–Crippen MR) is 168 cm³/mol. The van der Waals surface area contributed by atoms with E-state index in [1.165, 1.54) is 24.3 Å². The van der Waals surface area contributed by atoms with E-state index in [-0.39, 0.29) is 42.9 Å². The highest BCUT2D eigenvalue weighted by atomic mass is 16.6. The molecule has 4 amide bonds. The number of nitro benzene ring substituents is 1. The lowest BCUT2D eigenvalue weighted by atomic mass is 9.99. The van der Waals surface area contributed by atoms with Crippen molar-refractivity contribution in [1.82, 2.24) is 16.0 Å². The van der Waals surface area contributed by atoms with Crippen LogP contribution in [-0.4, -0.2) is 65.0 Å². The summed E-state index contributed by atoms with van der Waals surface area (Å²) in [5.74, 6) is -1.82. The van der Waals surface area contributed by atoms with E-state index in [9.17, 15) is 29.3 Å². The lowest BCUT2D eigenvalue weighted by molar-refractivity contribution is -0.384. The Bertz CT molecular complexity index is 1160. The van der Waals surface area contributed by atoms with Gasteiger partial charge < -0.3 is 37.5 Å². The van der Waals surface area contributed by atoms with Crippen molar-refractivity contribution in [2.75, 3.05) is 11.9 Å². The summed E-state index contributed by atoms with van der Waals surface area (Å²) >= 11 is 0. The van der Waals surface area contributed by atoms with Crippen molar-refractivity contribution in [3.63, 3.8) is 0 Å². The summed E-state index contributed by atoms with van der Waals surface area (Å²) in [5, 5.41) is 21.7. The molecular formula is C29H48N8O7. The zero-order valence-corrected chi connectivity index (χ0v) is 26.6. The first-order valence-corrected chi connectivity index (χ1v) is 14.6. The summed E-state index contributed by atoms with van der Waals surface area (Å²) in [4.78, 5) is 66.9. The Hall–Kier alpha value is -4.43. The maximum absolute atomic E-state index is 13.5. The number of ether oxygens (including phenoxy) is 1. The van der Waals surface area contributed by atoms with Gasteiger partial charge in [-0.1, -0.05) is 27.7 Å². The molecule has 1 aromatic rings. The Labute approximate surface area is 258 Å². The van der Waals surface area contributed by atoms with Gasteiger partial charge in [-0.2, -0.15) is 0 Å². The van der Waals surface area contributed by atoms with Gasteiger partial charge in [0.25, 0.3) is 5.69 Å². The number of aliphatic imine (C=N–C) groups is 1. The maximum Gasteiger partial charge on any atom is 0.408 e. The molecule has 0 aliphatic heterocycles. The van der Waals surface area contributed by atoms with Gasteiger partial charge in [0.1, 0.15) is 23.7 Å². The summed E-state index contributed by atoms with van der Waals surface area (Å²) in [7, 11) is 0. The third-order valence-corrected chi connectivity index (χ3v) is 5.98. The van der Waals surface area contributed by atoms with Gasteiger partial charge >= 0.3 is 6.09 Å². The normalized spacial score (nSPS) is 13.3. The molecule has 0 bridgehead atoms. The number of amides is 4. The SMILES string of the molecule is CC(C)C[C@H](NC(=O)OC(C)(C)C)C(=O)N[C@@H](CC(C)C)C(=O)N[C@@H](CCCN=C(N)N)C(=O)Nc1ccc([N+](=O)[O-])cc1. The van der Waals surface area contributed by atoms with Gasteiger partial charge in [-0.3, -0.25) is 29.5 Å². The number of hydrogen-bond acceptors (Lipinski definition) is 8. The Kier molecular flexibility index (Phi) is 15.1. The molecule has 0 fully saturated rings. The Morgan fingerprint density at radius 2 is 1.36 bits per heavy atom. The quantitative estimate of drug-likeness (QED) is 0.0523. The van der Waals surface area contributed by atoms with Crippen LogP contribution in [0, 0.1) is 22.0 Å². The fourth-order valence-corrected chi connectivity index (χ4v) is 4.07. The number of carbonyl (C=O) groups is 4. The molecule has 15 nitrogen and oxygen atoms in total. The average molecular weight is 621 g/mol. The van der Waals surface area contributed by atoms with Gasteiger partial charge in [0.15, 0.2) is 5.96 Å². The van der Waals surface area contributed by atoms with Crippen LogP contribution in [0.1, 0.15) is 74.1 Å². The molecule has 1 aromatic carbocycles. The van der Waals surface area contributed by atoms with Crippen LogP contribution >= 0.6 is 0 Å². The second-order valence-corrected chi connectivity index (χ2v) is 12.3. The van der Waals surface area contributed by atoms with E-state index >= 15 is 0 Å². The minimum absolute atomic E-state index is 0.0114. The van der Waals surface area contributed by atoms with Crippen LogP contribution in [0.5, 0.6) is 0 Å². The monoisotopic (exact) mass is 620 g/mol. The van der Waals surface area contributed by atoms with E-state index < -0.39 is 52.5 Å². The molecule has 0 heterocycles. The van der Waals surface area contributed by atoms with Crippen molar-refractivity contribution in [3.8, 4) is 0 Å². The van der Waals surface area contributed by atoms with Crippen molar-refractivity contribution < 1.29 is 28.8 Å². The van der Waals surface area contributed by atoms with Crippen LogP contribution in [0.25, 0.3) is 0 Å². The highest BCUT2D eigenvalue weighted by Crippen LogP contribution is 2.17. The summed E-state index contributed by atoms with van der Waals surface area (Å²) in [6, 6.07) is 2.21. The number of rotatable bonds is 16. The second kappa shape index (κ2) is 17.6. The molecule has 246 valence electrons. The average Bonchev–Trinajstić information content (AvgIpc) is 2.87. The zero-order chi connectivity index (χ0) is 33.6. The van der Waals surface area contributed by atoms with Gasteiger partial charge in [-0.15, -0.1) is 0 Å². The number of benzene rings is 1. The third-order valence-electron chi connectivity index (χ3n) is 5.98. The molecule has 0 radical (unpaired) electrons. The number of non-ortho nitro benzene ring substituents is 1.